The van der Waals surface area contributed by atoms with Gasteiger partial charge in [0.05, 0.1) is 6.04 Å². The van der Waals surface area contributed by atoms with Crippen LogP contribution in [0.5, 0.6) is 0 Å². The Balaban J connectivity index is 2.39. The largest absolute Gasteiger partial charge is 0.368 e. The Morgan fingerprint density at radius 1 is 1.78 bits per heavy atom. The monoisotopic (exact) mass is 128 g/mol. The van der Waals surface area contributed by atoms with Gasteiger partial charge in [0.1, 0.15) is 0 Å². The summed E-state index contributed by atoms with van der Waals surface area (Å²) in [6.45, 7) is 3.03. The molecule has 3 nitrogen and oxygen atoms in total. The second kappa shape index (κ2) is 2.35. The molecule has 0 radical (unpaired) electrons. The topological polar surface area (TPSA) is 55.1 Å². The van der Waals surface area contributed by atoms with E-state index in [4.69, 9.17) is 5.73 Å². The summed E-state index contributed by atoms with van der Waals surface area (Å²) in [6, 6.07) is -0.0694. The van der Waals surface area contributed by atoms with Crippen molar-refractivity contribution in [2.24, 2.45) is 11.7 Å². The van der Waals surface area contributed by atoms with Crippen LogP contribution >= 0.6 is 0 Å². The highest BCUT2D eigenvalue weighted by atomic mass is 16.1. The quantitative estimate of drug-likeness (QED) is 0.498. The van der Waals surface area contributed by atoms with Crippen LogP contribution in [0.1, 0.15) is 13.3 Å². The Kier molecular flexibility index (Phi) is 1.71. The molecule has 1 amide bonds. The molecule has 0 aliphatic carbocycles. The molecule has 1 unspecified atom stereocenters. The SMILES string of the molecule is CC1CN[C@H](C(N)=O)C1. The van der Waals surface area contributed by atoms with Crippen LogP contribution in [0.3, 0.4) is 0 Å². The smallest absolute Gasteiger partial charge is 0.234 e. The summed E-state index contributed by atoms with van der Waals surface area (Å²) in [4.78, 5) is 10.5. The van der Waals surface area contributed by atoms with E-state index in [9.17, 15) is 4.79 Å². The molecule has 9 heavy (non-hydrogen) atoms. The molecule has 0 aromatic heterocycles. The van der Waals surface area contributed by atoms with Gasteiger partial charge in [0.2, 0.25) is 5.91 Å². The maximum absolute atomic E-state index is 10.5. The van der Waals surface area contributed by atoms with Gasteiger partial charge in [-0.15, -0.1) is 0 Å². The third kappa shape index (κ3) is 1.42. The van der Waals surface area contributed by atoms with Gasteiger partial charge in [-0.2, -0.15) is 0 Å². The molecule has 52 valence electrons. The molecule has 0 saturated carbocycles. The summed E-state index contributed by atoms with van der Waals surface area (Å²) in [5.74, 6) is 0.377. The molecular weight excluding hydrogens is 116 g/mol. The van der Waals surface area contributed by atoms with Crippen LogP contribution in [0.15, 0.2) is 0 Å². The Morgan fingerprint density at radius 2 is 2.44 bits per heavy atom. The number of carbonyl (C=O) groups is 1. The molecule has 1 heterocycles. The average molecular weight is 128 g/mol. The maximum atomic E-state index is 10.5. The van der Waals surface area contributed by atoms with Gasteiger partial charge in [-0.25, -0.2) is 0 Å². The van der Waals surface area contributed by atoms with Crippen molar-refractivity contribution in [2.75, 3.05) is 6.54 Å². The van der Waals surface area contributed by atoms with Crippen molar-refractivity contribution in [3.05, 3.63) is 0 Å². The third-order valence-corrected chi connectivity index (χ3v) is 1.69. The molecule has 0 spiro atoms. The summed E-state index contributed by atoms with van der Waals surface area (Å²) < 4.78 is 0. The molecule has 0 aromatic carbocycles. The predicted molar refractivity (Wildman–Crippen MR) is 34.8 cm³/mol. The average Bonchev–Trinajstić information content (AvgIpc) is 2.14. The lowest BCUT2D eigenvalue weighted by atomic mass is 10.1. The van der Waals surface area contributed by atoms with Crippen LogP contribution in [0.2, 0.25) is 0 Å². The summed E-state index contributed by atoms with van der Waals surface area (Å²) >= 11 is 0. The first-order chi connectivity index (χ1) is 4.20. The molecule has 1 saturated heterocycles. The van der Waals surface area contributed by atoms with E-state index in [1.807, 2.05) is 0 Å². The Morgan fingerprint density at radius 3 is 2.67 bits per heavy atom. The molecule has 0 aromatic rings. The van der Waals surface area contributed by atoms with Crippen molar-refractivity contribution >= 4 is 5.91 Å². The highest BCUT2D eigenvalue weighted by molar-refractivity contribution is 5.80. The molecule has 1 aliphatic heterocycles. The number of carbonyl (C=O) groups excluding carboxylic acids is 1. The van der Waals surface area contributed by atoms with Gasteiger partial charge in [0, 0.05) is 0 Å². The summed E-state index contributed by atoms with van der Waals surface area (Å²) in [5, 5.41) is 3.03. The van der Waals surface area contributed by atoms with Gasteiger partial charge in [-0.3, -0.25) is 4.79 Å². The van der Waals surface area contributed by atoms with Gasteiger partial charge in [0.25, 0.3) is 0 Å². The number of amides is 1. The molecule has 1 aliphatic rings. The molecule has 1 fully saturated rings. The lowest BCUT2D eigenvalue weighted by Crippen LogP contribution is -2.36. The first-order valence-electron chi connectivity index (χ1n) is 3.23. The molecule has 0 bridgehead atoms. The number of nitrogens with two attached hydrogens (primary N) is 1. The van der Waals surface area contributed by atoms with Gasteiger partial charge in [-0.1, -0.05) is 6.92 Å². The lowest BCUT2D eigenvalue weighted by Gasteiger charge is -2.01. The van der Waals surface area contributed by atoms with Crippen molar-refractivity contribution < 1.29 is 4.79 Å². The number of primary amides is 1. The number of nitrogens with one attached hydrogen (secondary N) is 1. The van der Waals surface area contributed by atoms with E-state index in [1.165, 1.54) is 0 Å². The van der Waals surface area contributed by atoms with Crippen molar-refractivity contribution in [1.29, 1.82) is 0 Å². The van der Waals surface area contributed by atoms with E-state index in [-0.39, 0.29) is 11.9 Å². The van der Waals surface area contributed by atoms with Crippen LogP contribution in [-0.2, 0) is 4.79 Å². The maximum Gasteiger partial charge on any atom is 0.234 e. The van der Waals surface area contributed by atoms with Crippen molar-refractivity contribution in [3.8, 4) is 0 Å². The zero-order chi connectivity index (χ0) is 6.85. The van der Waals surface area contributed by atoms with E-state index in [0.29, 0.717) is 5.92 Å². The van der Waals surface area contributed by atoms with E-state index in [0.717, 1.165) is 13.0 Å². The van der Waals surface area contributed by atoms with Gasteiger partial charge >= 0.3 is 0 Å². The van der Waals surface area contributed by atoms with Crippen LogP contribution in [0.25, 0.3) is 0 Å². The van der Waals surface area contributed by atoms with Gasteiger partial charge in [0.15, 0.2) is 0 Å². The predicted octanol–water partition coefficient (Wildman–Crippen LogP) is -0.530. The number of hydrogen-bond acceptors (Lipinski definition) is 2. The lowest BCUT2D eigenvalue weighted by molar-refractivity contribution is -0.119. The van der Waals surface area contributed by atoms with E-state index in [2.05, 4.69) is 12.2 Å². The molecule has 1 rings (SSSR count). The standard InChI is InChI=1S/C6H12N2O/c1-4-2-5(6(7)9)8-3-4/h4-5,8H,2-3H2,1H3,(H2,7,9)/t4?,5-/m0/s1. The molecule has 2 atom stereocenters. The molecule has 3 heteroatoms. The first-order valence-corrected chi connectivity index (χ1v) is 3.23. The second-order valence-electron chi connectivity index (χ2n) is 2.70. The van der Waals surface area contributed by atoms with Crippen molar-refractivity contribution in [2.45, 2.75) is 19.4 Å². The normalized spacial score (nSPS) is 34.8. The summed E-state index contributed by atoms with van der Waals surface area (Å²) in [5.41, 5.74) is 5.06. The van der Waals surface area contributed by atoms with Crippen LogP contribution in [-0.4, -0.2) is 18.5 Å². The Labute approximate surface area is 54.6 Å². The summed E-state index contributed by atoms with van der Waals surface area (Å²) in [7, 11) is 0. The van der Waals surface area contributed by atoms with E-state index >= 15 is 0 Å². The number of rotatable bonds is 1. The minimum atomic E-state index is -0.223. The number of hydrogen-bond donors (Lipinski definition) is 2. The second-order valence-corrected chi connectivity index (χ2v) is 2.70. The Bertz CT molecular complexity index is 124. The van der Waals surface area contributed by atoms with E-state index in [1.54, 1.807) is 0 Å². The highest BCUT2D eigenvalue weighted by Crippen LogP contribution is 2.11. The van der Waals surface area contributed by atoms with Crippen LogP contribution in [0.4, 0.5) is 0 Å². The Hall–Kier alpha value is -0.570. The fraction of sp³-hybridized carbons (Fsp3) is 0.833. The molecular formula is C6H12N2O. The van der Waals surface area contributed by atoms with Crippen LogP contribution < -0.4 is 11.1 Å². The highest BCUT2D eigenvalue weighted by Gasteiger charge is 2.24. The minimum Gasteiger partial charge on any atom is -0.368 e. The van der Waals surface area contributed by atoms with Crippen LogP contribution in [0, 0.1) is 5.92 Å². The summed E-state index contributed by atoms with van der Waals surface area (Å²) in [6.07, 6.45) is 0.898. The zero-order valence-corrected chi connectivity index (χ0v) is 5.55. The third-order valence-electron chi connectivity index (χ3n) is 1.69. The van der Waals surface area contributed by atoms with Crippen molar-refractivity contribution in [3.63, 3.8) is 0 Å². The fourth-order valence-electron chi connectivity index (χ4n) is 1.13. The van der Waals surface area contributed by atoms with Gasteiger partial charge < -0.3 is 11.1 Å². The van der Waals surface area contributed by atoms with Crippen molar-refractivity contribution in [1.82, 2.24) is 5.32 Å². The molecule has 3 N–H and O–H groups in total. The van der Waals surface area contributed by atoms with E-state index < -0.39 is 0 Å². The zero-order valence-electron chi connectivity index (χ0n) is 5.55. The fourth-order valence-corrected chi connectivity index (χ4v) is 1.13. The first kappa shape index (κ1) is 6.55. The van der Waals surface area contributed by atoms with Gasteiger partial charge in [-0.05, 0) is 18.9 Å². The minimum absolute atomic E-state index is 0.0694.